The van der Waals surface area contributed by atoms with E-state index in [1.54, 1.807) is 12.1 Å². The topological polar surface area (TPSA) is 64.8 Å². The van der Waals surface area contributed by atoms with Crippen LogP contribution in [0.15, 0.2) is 42.5 Å². The molecule has 1 aromatic carbocycles. The van der Waals surface area contributed by atoms with Crippen molar-refractivity contribution in [3.05, 3.63) is 53.9 Å². The van der Waals surface area contributed by atoms with E-state index in [4.69, 9.17) is 0 Å². The molecule has 0 aliphatic heterocycles. The first-order chi connectivity index (χ1) is 8.27. The molecule has 0 spiro atoms. The van der Waals surface area contributed by atoms with E-state index in [1.807, 2.05) is 18.2 Å². The van der Waals surface area contributed by atoms with Gasteiger partial charge >= 0.3 is 0 Å². The molecule has 0 radical (unpaired) electrons. The quantitative estimate of drug-likeness (QED) is 0.731. The fourth-order valence-corrected chi connectivity index (χ4v) is 1.73. The second-order valence-corrected chi connectivity index (χ2v) is 3.60. The van der Waals surface area contributed by atoms with E-state index in [9.17, 15) is 9.59 Å². The maximum Gasteiger partial charge on any atom is 0.208 e. The molecule has 0 unspecified atom stereocenters. The number of aromatic nitrogens is 3. The Morgan fingerprint density at radius 2 is 1.65 bits per heavy atom. The molecule has 5 heteroatoms. The summed E-state index contributed by atoms with van der Waals surface area (Å²) in [5.41, 5.74) is 1.04. The van der Waals surface area contributed by atoms with Crippen LogP contribution >= 0.6 is 0 Å². The first-order valence-corrected chi connectivity index (χ1v) is 5.05. The number of benzene rings is 1. The Labute approximate surface area is 96.4 Å². The third-order valence-electron chi connectivity index (χ3n) is 2.52. The van der Waals surface area contributed by atoms with Crippen molar-refractivity contribution in [2.24, 2.45) is 0 Å². The van der Waals surface area contributed by atoms with Crippen LogP contribution in [-0.2, 0) is 0 Å². The van der Waals surface area contributed by atoms with Crippen LogP contribution in [-0.4, -0.2) is 26.6 Å². The van der Waals surface area contributed by atoms with Gasteiger partial charge in [-0.15, -0.1) is 5.10 Å². The first-order valence-electron chi connectivity index (χ1n) is 5.05. The minimum atomic E-state index is -0.290. The third-order valence-corrected chi connectivity index (χ3v) is 2.52. The summed E-state index contributed by atoms with van der Waals surface area (Å²) >= 11 is 0. The Kier molecular flexibility index (Phi) is 1.98. The van der Waals surface area contributed by atoms with Crippen LogP contribution in [0.5, 0.6) is 0 Å². The van der Waals surface area contributed by atoms with Gasteiger partial charge in [-0.25, -0.2) is 4.68 Å². The van der Waals surface area contributed by atoms with Crippen LogP contribution in [0, 0.1) is 0 Å². The highest BCUT2D eigenvalue weighted by atomic mass is 16.1. The fourth-order valence-electron chi connectivity index (χ4n) is 1.73. The zero-order valence-electron chi connectivity index (χ0n) is 8.70. The van der Waals surface area contributed by atoms with Gasteiger partial charge in [-0.05, 0) is 24.3 Å². The van der Waals surface area contributed by atoms with Gasteiger partial charge in [0.1, 0.15) is 5.69 Å². The number of allylic oxidation sites excluding steroid dienone is 2. The number of ketones is 2. The zero-order chi connectivity index (χ0) is 11.8. The smallest absolute Gasteiger partial charge is 0.208 e. The lowest BCUT2D eigenvalue weighted by molar-refractivity contribution is 0.0987. The first kappa shape index (κ1) is 9.65. The second-order valence-electron chi connectivity index (χ2n) is 3.60. The van der Waals surface area contributed by atoms with Crippen LogP contribution in [0.25, 0.3) is 5.69 Å². The molecule has 17 heavy (non-hydrogen) atoms. The van der Waals surface area contributed by atoms with Crippen LogP contribution in [0.2, 0.25) is 0 Å². The van der Waals surface area contributed by atoms with E-state index >= 15 is 0 Å². The molecular formula is C12H7N3O2. The van der Waals surface area contributed by atoms with Gasteiger partial charge in [-0.2, -0.15) is 0 Å². The summed E-state index contributed by atoms with van der Waals surface area (Å²) < 4.78 is 1.39. The number of carbonyl (C=O) groups excluding carboxylic acids is 2. The standard InChI is InChI=1S/C12H7N3O2/c16-9-6-7-10(17)12-11(9)13-14-15(12)8-4-2-1-3-5-8/h1-7H. The van der Waals surface area contributed by atoms with Gasteiger partial charge in [0.2, 0.25) is 11.6 Å². The molecule has 0 atom stereocenters. The Morgan fingerprint density at radius 1 is 0.941 bits per heavy atom. The van der Waals surface area contributed by atoms with Crippen molar-refractivity contribution in [1.29, 1.82) is 0 Å². The van der Waals surface area contributed by atoms with Crippen molar-refractivity contribution >= 4 is 11.6 Å². The van der Waals surface area contributed by atoms with Gasteiger partial charge in [0.05, 0.1) is 5.69 Å². The number of para-hydroxylation sites is 1. The van der Waals surface area contributed by atoms with Crippen molar-refractivity contribution in [2.45, 2.75) is 0 Å². The highest BCUT2D eigenvalue weighted by molar-refractivity contribution is 6.20. The second kappa shape index (κ2) is 3.48. The van der Waals surface area contributed by atoms with Crippen LogP contribution in [0.1, 0.15) is 21.0 Å². The molecule has 5 nitrogen and oxygen atoms in total. The van der Waals surface area contributed by atoms with Gasteiger partial charge in [-0.1, -0.05) is 23.4 Å². The van der Waals surface area contributed by atoms with Crippen LogP contribution in [0.4, 0.5) is 0 Å². The minimum absolute atomic E-state index is 0.112. The van der Waals surface area contributed by atoms with E-state index in [2.05, 4.69) is 10.3 Å². The summed E-state index contributed by atoms with van der Waals surface area (Å²) in [6, 6.07) is 9.11. The lowest BCUT2D eigenvalue weighted by Gasteiger charge is -2.06. The number of rotatable bonds is 1. The van der Waals surface area contributed by atoms with E-state index in [1.165, 1.54) is 16.8 Å². The Morgan fingerprint density at radius 3 is 2.41 bits per heavy atom. The Bertz CT molecular complexity index is 641. The van der Waals surface area contributed by atoms with Crippen molar-refractivity contribution < 1.29 is 9.59 Å². The van der Waals surface area contributed by atoms with E-state index in [0.29, 0.717) is 5.69 Å². The largest absolute Gasteiger partial charge is 0.287 e. The monoisotopic (exact) mass is 225 g/mol. The van der Waals surface area contributed by atoms with Crippen molar-refractivity contribution in [3.63, 3.8) is 0 Å². The Balaban J connectivity index is 2.23. The predicted molar refractivity (Wildman–Crippen MR) is 59.2 cm³/mol. The molecule has 0 saturated heterocycles. The van der Waals surface area contributed by atoms with Crippen LogP contribution < -0.4 is 0 Å². The molecule has 0 saturated carbocycles. The van der Waals surface area contributed by atoms with Gasteiger partial charge in [0.25, 0.3) is 0 Å². The number of hydrogen-bond donors (Lipinski definition) is 0. The average molecular weight is 225 g/mol. The predicted octanol–water partition coefficient (Wildman–Crippen LogP) is 1.20. The molecule has 0 fully saturated rings. The number of fused-ring (bicyclic) bond motifs is 1. The molecule has 2 aromatic rings. The van der Waals surface area contributed by atoms with Crippen molar-refractivity contribution in [2.75, 3.05) is 0 Å². The molecule has 0 bridgehead atoms. The third kappa shape index (κ3) is 1.40. The summed E-state index contributed by atoms with van der Waals surface area (Å²) in [4.78, 5) is 23.3. The molecular weight excluding hydrogens is 218 g/mol. The van der Waals surface area contributed by atoms with Gasteiger partial charge in [-0.3, -0.25) is 9.59 Å². The summed E-state index contributed by atoms with van der Waals surface area (Å²) in [5.74, 6) is -0.546. The minimum Gasteiger partial charge on any atom is -0.287 e. The average Bonchev–Trinajstić information content (AvgIpc) is 2.81. The van der Waals surface area contributed by atoms with E-state index in [-0.39, 0.29) is 23.0 Å². The van der Waals surface area contributed by atoms with Crippen LogP contribution in [0.3, 0.4) is 0 Å². The van der Waals surface area contributed by atoms with E-state index in [0.717, 1.165) is 0 Å². The molecule has 1 aromatic heterocycles. The summed E-state index contributed by atoms with van der Waals surface area (Å²) in [5, 5.41) is 7.61. The molecule has 82 valence electrons. The lowest BCUT2D eigenvalue weighted by atomic mass is 10.1. The van der Waals surface area contributed by atoms with Crippen molar-refractivity contribution in [1.82, 2.24) is 15.0 Å². The maximum absolute atomic E-state index is 11.7. The molecule has 1 heterocycles. The molecule has 1 aliphatic carbocycles. The summed E-state index contributed by atoms with van der Waals surface area (Å²) in [7, 11) is 0. The number of carbonyl (C=O) groups is 2. The molecule has 1 aliphatic rings. The SMILES string of the molecule is O=C1C=CC(=O)c2c1nnn2-c1ccccc1. The van der Waals surface area contributed by atoms with E-state index < -0.39 is 0 Å². The summed E-state index contributed by atoms with van der Waals surface area (Å²) in [6.07, 6.45) is 2.46. The maximum atomic E-state index is 11.7. The molecule has 0 amide bonds. The molecule has 3 rings (SSSR count). The lowest BCUT2D eigenvalue weighted by Crippen LogP contribution is -2.15. The van der Waals surface area contributed by atoms with Gasteiger partial charge in [0.15, 0.2) is 5.69 Å². The molecule has 0 N–H and O–H groups in total. The summed E-state index contributed by atoms with van der Waals surface area (Å²) in [6.45, 7) is 0. The normalized spacial score (nSPS) is 13.9. The van der Waals surface area contributed by atoms with Gasteiger partial charge in [0, 0.05) is 0 Å². The fraction of sp³-hybridized carbons (Fsp3) is 0. The zero-order valence-corrected chi connectivity index (χ0v) is 8.70. The highest BCUT2D eigenvalue weighted by Crippen LogP contribution is 2.17. The number of hydrogen-bond acceptors (Lipinski definition) is 4. The Hall–Kier alpha value is -2.56. The van der Waals surface area contributed by atoms with Gasteiger partial charge < -0.3 is 0 Å². The highest BCUT2D eigenvalue weighted by Gasteiger charge is 2.26. The number of nitrogens with zero attached hydrogens (tertiary/aromatic N) is 3. The van der Waals surface area contributed by atoms with Crippen molar-refractivity contribution in [3.8, 4) is 5.69 Å².